The van der Waals surface area contributed by atoms with E-state index in [1.165, 1.54) is 11.8 Å². The van der Waals surface area contributed by atoms with E-state index in [-0.39, 0.29) is 23.9 Å². The second kappa shape index (κ2) is 10.3. The Balaban J connectivity index is 1.61. The number of rotatable bonds is 6. The quantitative estimate of drug-likeness (QED) is 0.392. The standard InChI is InChI=1S/C29H34Cl2N4OS/c1-6-34(23-15-16-33(5)17-23)27(36)25-24(18(2)3)35-26(19-7-11-21(30)12-8-19)29(4,32-28(35)37-25)20-9-13-22(31)14-10-20/h7-14,18,23,26H,6,15-17H2,1-5H3/t23-,26-,29+/m1/s1. The van der Waals surface area contributed by atoms with Crippen LogP contribution in [0.3, 0.4) is 0 Å². The Kier molecular flexibility index (Phi) is 7.40. The fourth-order valence-corrected chi connectivity index (χ4v) is 7.54. The van der Waals surface area contributed by atoms with Gasteiger partial charge in [0.15, 0.2) is 5.17 Å². The van der Waals surface area contributed by atoms with E-state index in [9.17, 15) is 4.79 Å². The van der Waals surface area contributed by atoms with Crippen molar-refractivity contribution in [1.29, 1.82) is 0 Å². The predicted molar refractivity (Wildman–Crippen MR) is 155 cm³/mol. The molecule has 0 N–H and O–H groups in total. The molecule has 5 nitrogen and oxygen atoms in total. The number of aliphatic imine (C=N–C) groups is 1. The number of likely N-dealkylation sites (N-methyl/N-ethyl adjacent to an activating group) is 2. The summed E-state index contributed by atoms with van der Waals surface area (Å²) in [7, 11) is 2.13. The Morgan fingerprint density at radius 3 is 2.30 bits per heavy atom. The predicted octanol–water partition coefficient (Wildman–Crippen LogP) is 6.79. The van der Waals surface area contributed by atoms with Crippen LogP contribution in [-0.4, -0.2) is 58.5 Å². The van der Waals surface area contributed by atoms with Gasteiger partial charge in [-0.1, -0.05) is 61.3 Å². The monoisotopic (exact) mass is 556 g/mol. The van der Waals surface area contributed by atoms with Crippen LogP contribution < -0.4 is 0 Å². The molecule has 3 atom stereocenters. The Labute approximate surface area is 234 Å². The first-order chi connectivity index (χ1) is 17.6. The Morgan fingerprint density at radius 2 is 1.76 bits per heavy atom. The Morgan fingerprint density at radius 1 is 1.14 bits per heavy atom. The third kappa shape index (κ3) is 4.71. The molecule has 196 valence electrons. The Hall–Kier alpha value is -1.99. The molecule has 5 rings (SSSR count). The molecule has 0 spiro atoms. The summed E-state index contributed by atoms with van der Waals surface area (Å²) in [6, 6.07) is 16.1. The van der Waals surface area contributed by atoms with Crippen LogP contribution in [0.4, 0.5) is 0 Å². The topological polar surface area (TPSA) is 39.2 Å². The van der Waals surface area contributed by atoms with Crippen molar-refractivity contribution in [2.24, 2.45) is 10.9 Å². The average molecular weight is 558 g/mol. The first-order valence-corrected chi connectivity index (χ1v) is 14.5. The molecule has 0 bridgehead atoms. The smallest absolute Gasteiger partial charge is 0.262 e. The molecule has 2 aromatic carbocycles. The fraction of sp³-hybridized carbons (Fsp3) is 0.448. The molecule has 0 radical (unpaired) electrons. The zero-order valence-corrected chi connectivity index (χ0v) is 24.4. The van der Waals surface area contributed by atoms with E-state index in [1.807, 2.05) is 24.3 Å². The number of carbonyl (C=O) groups excluding carboxylic acids is 1. The van der Waals surface area contributed by atoms with Gasteiger partial charge >= 0.3 is 0 Å². The molecule has 2 aromatic rings. The zero-order chi connectivity index (χ0) is 26.5. The normalized spacial score (nSPS) is 25.7. The summed E-state index contributed by atoms with van der Waals surface area (Å²) in [4.78, 5) is 26.9. The highest BCUT2D eigenvalue weighted by Gasteiger charge is 2.53. The molecule has 1 fully saturated rings. The van der Waals surface area contributed by atoms with E-state index in [2.05, 4.69) is 73.7 Å². The molecule has 37 heavy (non-hydrogen) atoms. The van der Waals surface area contributed by atoms with E-state index >= 15 is 0 Å². The second-order valence-corrected chi connectivity index (χ2v) is 12.5. The molecule has 1 amide bonds. The summed E-state index contributed by atoms with van der Waals surface area (Å²) in [5, 5.41) is 2.27. The van der Waals surface area contributed by atoms with Crippen molar-refractivity contribution in [3.8, 4) is 0 Å². The highest BCUT2D eigenvalue weighted by molar-refractivity contribution is 8.18. The molecular formula is C29H34Cl2N4OS. The van der Waals surface area contributed by atoms with Gasteiger partial charge in [-0.05, 0) is 86.9 Å². The van der Waals surface area contributed by atoms with Gasteiger partial charge in [0.05, 0.1) is 6.04 Å². The fourth-order valence-electron chi connectivity index (χ4n) is 5.93. The lowest BCUT2D eigenvalue weighted by molar-refractivity contribution is -0.128. The number of halogens is 2. The van der Waals surface area contributed by atoms with Gasteiger partial charge < -0.3 is 14.7 Å². The first-order valence-electron chi connectivity index (χ1n) is 13.0. The van der Waals surface area contributed by atoms with Gasteiger partial charge in [-0.2, -0.15) is 0 Å². The number of thioether (sulfide) groups is 1. The number of benzene rings is 2. The van der Waals surface area contributed by atoms with Crippen molar-refractivity contribution in [3.05, 3.63) is 80.3 Å². The second-order valence-electron chi connectivity index (χ2n) is 10.6. The SMILES string of the molecule is CCN(C(=O)C1=C(C(C)C)N2C(=N[C@@](C)(c3ccc(Cl)cc3)[C@H]2c2ccc(Cl)cc2)S1)[C@@H]1CCN(C)C1. The number of likely N-dealkylation sites (tertiary alicyclic amines) is 1. The minimum Gasteiger partial charge on any atom is -0.334 e. The molecule has 3 aliphatic heterocycles. The van der Waals surface area contributed by atoms with Crippen molar-refractivity contribution in [3.63, 3.8) is 0 Å². The third-order valence-corrected chi connectivity index (χ3v) is 9.34. The maximum Gasteiger partial charge on any atom is 0.262 e. The molecule has 1 saturated heterocycles. The number of amides is 1. The number of amidine groups is 1. The highest BCUT2D eigenvalue weighted by Crippen LogP contribution is 2.56. The van der Waals surface area contributed by atoms with Gasteiger partial charge in [0.1, 0.15) is 10.4 Å². The molecule has 8 heteroatoms. The van der Waals surface area contributed by atoms with Gasteiger partial charge in [0, 0.05) is 34.9 Å². The van der Waals surface area contributed by atoms with Crippen LogP contribution in [0.25, 0.3) is 0 Å². The van der Waals surface area contributed by atoms with Crippen LogP contribution >= 0.6 is 35.0 Å². The highest BCUT2D eigenvalue weighted by atomic mass is 35.5. The molecule has 0 aromatic heterocycles. The van der Waals surface area contributed by atoms with Crippen LogP contribution in [-0.2, 0) is 10.3 Å². The van der Waals surface area contributed by atoms with Crippen LogP contribution in [0.5, 0.6) is 0 Å². The number of carbonyl (C=O) groups is 1. The molecule has 3 heterocycles. The van der Waals surface area contributed by atoms with Gasteiger partial charge in [-0.15, -0.1) is 0 Å². The maximum absolute atomic E-state index is 14.1. The lowest BCUT2D eigenvalue weighted by Gasteiger charge is -2.37. The largest absolute Gasteiger partial charge is 0.334 e. The number of fused-ring (bicyclic) bond motifs is 1. The summed E-state index contributed by atoms with van der Waals surface area (Å²) in [5.41, 5.74) is 2.68. The van der Waals surface area contributed by atoms with Gasteiger partial charge in [-0.25, -0.2) is 4.99 Å². The van der Waals surface area contributed by atoms with Gasteiger partial charge in [-0.3, -0.25) is 4.79 Å². The third-order valence-electron chi connectivity index (χ3n) is 7.77. The van der Waals surface area contributed by atoms with E-state index in [4.69, 9.17) is 28.2 Å². The number of hydrogen-bond donors (Lipinski definition) is 0. The van der Waals surface area contributed by atoms with Gasteiger partial charge in [0.25, 0.3) is 5.91 Å². The van der Waals surface area contributed by atoms with Crippen molar-refractivity contribution >= 4 is 46.0 Å². The summed E-state index contributed by atoms with van der Waals surface area (Å²) in [6.07, 6.45) is 1.01. The van der Waals surface area contributed by atoms with Crippen LogP contribution in [0.15, 0.2) is 64.1 Å². The van der Waals surface area contributed by atoms with E-state index in [0.717, 1.165) is 46.4 Å². The lowest BCUT2D eigenvalue weighted by atomic mass is 9.81. The van der Waals surface area contributed by atoms with Gasteiger partial charge in [0.2, 0.25) is 0 Å². The van der Waals surface area contributed by atoms with Crippen molar-refractivity contribution in [2.45, 2.75) is 51.7 Å². The molecule has 0 unspecified atom stereocenters. The first kappa shape index (κ1) is 26.6. The minimum absolute atomic E-state index is 0.121. The van der Waals surface area contributed by atoms with E-state index in [1.54, 1.807) is 0 Å². The van der Waals surface area contributed by atoms with E-state index < -0.39 is 5.54 Å². The van der Waals surface area contributed by atoms with Crippen molar-refractivity contribution < 1.29 is 4.79 Å². The summed E-state index contributed by atoms with van der Waals surface area (Å²) < 4.78 is 0. The summed E-state index contributed by atoms with van der Waals surface area (Å²) in [5.74, 6) is 0.267. The summed E-state index contributed by atoms with van der Waals surface area (Å²) >= 11 is 14.0. The lowest BCUT2D eigenvalue weighted by Crippen LogP contribution is -2.42. The summed E-state index contributed by atoms with van der Waals surface area (Å²) in [6.45, 7) is 11.2. The number of hydrogen-bond acceptors (Lipinski definition) is 5. The molecule has 3 aliphatic rings. The number of allylic oxidation sites excluding steroid dienone is 1. The molecule has 0 aliphatic carbocycles. The average Bonchev–Trinajstić information content (AvgIpc) is 3.52. The Bertz CT molecular complexity index is 1240. The molecular weight excluding hydrogens is 523 g/mol. The minimum atomic E-state index is -0.561. The van der Waals surface area contributed by atoms with Crippen LogP contribution in [0.1, 0.15) is 51.3 Å². The zero-order valence-electron chi connectivity index (χ0n) is 22.0. The van der Waals surface area contributed by atoms with E-state index in [0.29, 0.717) is 16.6 Å². The van der Waals surface area contributed by atoms with Crippen molar-refractivity contribution in [2.75, 3.05) is 26.7 Å². The number of nitrogens with zero attached hydrogens (tertiary/aromatic N) is 4. The molecule has 0 saturated carbocycles. The van der Waals surface area contributed by atoms with Crippen LogP contribution in [0.2, 0.25) is 10.0 Å². The maximum atomic E-state index is 14.1. The van der Waals surface area contributed by atoms with Crippen LogP contribution in [0, 0.1) is 5.92 Å². The van der Waals surface area contributed by atoms with Crippen molar-refractivity contribution in [1.82, 2.24) is 14.7 Å².